The van der Waals surface area contributed by atoms with Crippen LogP contribution < -0.4 is 4.90 Å². The molecule has 1 aromatic carbocycles. The van der Waals surface area contributed by atoms with Gasteiger partial charge in [0.25, 0.3) is 0 Å². The SMILES string of the molecule is Cc1cc(Br)ccc1N(C)C(=O)CC1CCCC1. The summed E-state index contributed by atoms with van der Waals surface area (Å²) < 4.78 is 1.06. The van der Waals surface area contributed by atoms with Crippen molar-refractivity contribution < 1.29 is 4.79 Å². The molecule has 0 saturated heterocycles. The van der Waals surface area contributed by atoms with Crippen LogP contribution in [-0.2, 0) is 4.79 Å². The second kappa shape index (κ2) is 5.87. The standard InChI is InChI=1S/C15H20BrNO/c1-11-9-13(16)7-8-14(11)17(2)15(18)10-12-5-3-4-6-12/h7-9,12H,3-6,10H2,1-2H3. The Morgan fingerprint density at radius 3 is 2.67 bits per heavy atom. The highest BCUT2D eigenvalue weighted by molar-refractivity contribution is 9.10. The van der Waals surface area contributed by atoms with Gasteiger partial charge in [-0.05, 0) is 49.4 Å². The zero-order valence-corrected chi connectivity index (χ0v) is 12.7. The maximum atomic E-state index is 12.3. The maximum absolute atomic E-state index is 12.3. The number of benzene rings is 1. The summed E-state index contributed by atoms with van der Waals surface area (Å²) in [6, 6.07) is 6.04. The summed E-state index contributed by atoms with van der Waals surface area (Å²) in [6.45, 7) is 2.04. The van der Waals surface area contributed by atoms with Crippen molar-refractivity contribution in [1.82, 2.24) is 0 Å². The zero-order chi connectivity index (χ0) is 13.1. The Labute approximate surface area is 117 Å². The number of rotatable bonds is 3. The van der Waals surface area contributed by atoms with Crippen molar-refractivity contribution in [3.05, 3.63) is 28.2 Å². The molecule has 1 saturated carbocycles. The number of halogens is 1. The first-order valence-electron chi connectivity index (χ1n) is 6.60. The van der Waals surface area contributed by atoms with E-state index in [2.05, 4.69) is 22.0 Å². The molecule has 18 heavy (non-hydrogen) atoms. The van der Waals surface area contributed by atoms with E-state index in [1.807, 2.05) is 26.1 Å². The second-order valence-corrected chi connectivity index (χ2v) is 6.15. The molecular formula is C15H20BrNO. The predicted octanol–water partition coefficient (Wildman–Crippen LogP) is 4.30. The Morgan fingerprint density at radius 2 is 2.06 bits per heavy atom. The van der Waals surface area contributed by atoms with Gasteiger partial charge >= 0.3 is 0 Å². The van der Waals surface area contributed by atoms with Gasteiger partial charge in [-0.2, -0.15) is 0 Å². The molecule has 0 radical (unpaired) electrons. The van der Waals surface area contributed by atoms with Gasteiger partial charge in [-0.25, -0.2) is 0 Å². The number of amides is 1. The molecule has 1 aromatic rings. The van der Waals surface area contributed by atoms with E-state index in [1.54, 1.807) is 4.90 Å². The van der Waals surface area contributed by atoms with Gasteiger partial charge in [0, 0.05) is 23.6 Å². The first-order chi connectivity index (χ1) is 8.58. The number of hydrogen-bond acceptors (Lipinski definition) is 1. The van der Waals surface area contributed by atoms with Gasteiger partial charge in [0.15, 0.2) is 0 Å². The molecule has 1 aliphatic carbocycles. The molecule has 0 atom stereocenters. The molecule has 0 heterocycles. The van der Waals surface area contributed by atoms with Crippen molar-refractivity contribution in [2.45, 2.75) is 39.0 Å². The number of aryl methyl sites for hydroxylation is 1. The van der Waals surface area contributed by atoms with Crippen LogP contribution in [0.15, 0.2) is 22.7 Å². The third-order valence-corrected chi connectivity index (χ3v) is 4.33. The molecule has 2 rings (SSSR count). The zero-order valence-electron chi connectivity index (χ0n) is 11.1. The topological polar surface area (TPSA) is 20.3 Å². The second-order valence-electron chi connectivity index (χ2n) is 5.24. The molecule has 0 unspecified atom stereocenters. The molecule has 1 aliphatic rings. The lowest BCUT2D eigenvalue weighted by molar-refractivity contribution is -0.119. The first kappa shape index (κ1) is 13.6. The summed E-state index contributed by atoms with van der Waals surface area (Å²) in [5, 5.41) is 0. The van der Waals surface area contributed by atoms with Crippen LogP contribution in [-0.4, -0.2) is 13.0 Å². The van der Waals surface area contributed by atoms with Crippen LogP contribution >= 0.6 is 15.9 Å². The van der Waals surface area contributed by atoms with Gasteiger partial charge in [0.2, 0.25) is 5.91 Å². The van der Waals surface area contributed by atoms with Crippen LogP contribution in [0.5, 0.6) is 0 Å². The minimum absolute atomic E-state index is 0.243. The van der Waals surface area contributed by atoms with Crippen molar-refractivity contribution in [2.24, 2.45) is 5.92 Å². The molecule has 0 bridgehead atoms. The van der Waals surface area contributed by atoms with Crippen LogP contribution in [0.2, 0.25) is 0 Å². The lowest BCUT2D eigenvalue weighted by Crippen LogP contribution is -2.28. The minimum atomic E-state index is 0.243. The molecule has 0 spiro atoms. The molecular weight excluding hydrogens is 290 g/mol. The minimum Gasteiger partial charge on any atom is -0.315 e. The third kappa shape index (κ3) is 3.14. The summed E-state index contributed by atoms with van der Waals surface area (Å²) in [6.07, 6.45) is 5.72. The molecule has 2 nitrogen and oxygen atoms in total. The number of hydrogen-bond donors (Lipinski definition) is 0. The number of carbonyl (C=O) groups is 1. The third-order valence-electron chi connectivity index (χ3n) is 3.83. The molecule has 98 valence electrons. The Kier molecular flexibility index (Phi) is 4.44. The van der Waals surface area contributed by atoms with Crippen LogP contribution in [0.1, 0.15) is 37.7 Å². The van der Waals surface area contributed by atoms with Gasteiger partial charge in [-0.15, -0.1) is 0 Å². The van der Waals surface area contributed by atoms with Gasteiger partial charge in [0.1, 0.15) is 0 Å². The monoisotopic (exact) mass is 309 g/mol. The van der Waals surface area contributed by atoms with Crippen LogP contribution in [0, 0.1) is 12.8 Å². The fraction of sp³-hybridized carbons (Fsp3) is 0.533. The summed E-state index contributed by atoms with van der Waals surface area (Å²) >= 11 is 3.45. The Hall–Kier alpha value is -0.830. The normalized spacial score (nSPS) is 15.9. The number of anilines is 1. The summed E-state index contributed by atoms with van der Waals surface area (Å²) in [7, 11) is 1.88. The largest absolute Gasteiger partial charge is 0.315 e. The Bertz CT molecular complexity index is 438. The van der Waals surface area contributed by atoms with Gasteiger partial charge in [-0.3, -0.25) is 4.79 Å². The average Bonchev–Trinajstić information content (AvgIpc) is 2.81. The van der Waals surface area contributed by atoms with Gasteiger partial charge < -0.3 is 4.90 Å². The first-order valence-corrected chi connectivity index (χ1v) is 7.40. The lowest BCUT2D eigenvalue weighted by atomic mass is 10.0. The molecule has 1 amide bonds. The number of carbonyl (C=O) groups excluding carboxylic acids is 1. The van der Waals surface area contributed by atoms with Crippen LogP contribution in [0.3, 0.4) is 0 Å². The fourth-order valence-electron chi connectivity index (χ4n) is 2.73. The van der Waals surface area contributed by atoms with E-state index in [9.17, 15) is 4.79 Å². The maximum Gasteiger partial charge on any atom is 0.227 e. The van der Waals surface area contributed by atoms with E-state index in [1.165, 1.54) is 25.7 Å². The molecule has 1 fully saturated rings. The van der Waals surface area contributed by atoms with Crippen molar-refractivity contribution >= 4 is 27.5 Å². The van der Waals surface area contributed by atoms with Crippen molar-refractivity contribution in [2.75, 3.05) is 11.9 Å². The molecule has 0 aliphatic heterocycles. The predicted molar refractivity (Wildman–Crippen MR) is 78.9 cm³/mol. The van der Waals surface area contributed by atoms with E-state index in [0.29, 0.717) is 12.3 Å². The highest BCUT2D eigenvalue weighted by atomic mass is 79.9. The average molecular weight is 310 g/mol. The van der Waals surface area contributed by atoms with E-state index < -0.39 is 0 Å². The van der Waals surface area contributed by atoms with E-state index in [-0.39, 0.29) is 5.91 Å². The fourth-order valence-corrected chi connectivity index (χ4v) is 3.20. The van der Waals surface area contributed by atoms with Gasteiger partial charge in [0.05, 0.1) is 0 Å². The van der Waals surface area contributed by atoms with E-state index in [0.717, 1.165) is 15.7 Å². The Balaban J connectivity index is 2.05. The van der Waals surface area contributed by atoms with Crippen LogP contribution in [0.4, 0.5) is 5.69 Å². The van der Waals surface area contributed by atoms with Crippen molar-refractivity contribution in [3.63, 3.8) is 0 Å². The number of nitrogens with zero attached hydrogens (tertiary/aromatic N) is 1. The molecule has 0 N–H and O–H groups in total. The van der Waals surface area contributed by atoms with Crippen molar-refractivity contribution in [3.8, 4) is 0 Å². The van der Waals surface area contributed by atoms with E-state index in [4.69, 9.17) is 0 Å². The van der Waals surface area contributed by atoms with Crippen molar-refractivity contribution in [1.29, 1.82) is 0 Å². The molecule has 3 heteroatoms. The lowest BCUT2D eigenvalue weighted by Gasteiger charge is -2.21. The van der Waals surface area contributed by atoms with Gasteiger partial charge in [-0.1, -0.05) is 28.8 Å². The highest BCUT2D eigenvalue weighted by Gasteiger charge is 2.21. The Morgan fingerprint density at radius 1 is 1.39 bits per heavy atom. The quantitative estimate of drug-likeness (QED) is 0.815. The highest BCUT2D eigenvalue weighted by Crippen LogP contribution is 2.29. The summed E-state index contributed by atoms with van der Waals surface area (Å²) in [4.78, 5) is 14.1. The summed E-state index contributed by atoms with van der Waals surface area (Å²) in [5.74, 6) is 0.850. The summed E-state index contributed by atoms with van der Waals surface area (Å²) in [5.41, 5.74) is 2.15. The molecule has 0 aromatic heterocycles. The smallest absolute Gasteiger partial charge is 0.227 e. The van der Waals surface area contributed by atoms with E-state index >= 15 is 0 Å². The van der Waals surface area contributed by atoms with Crippen LogP contribution in [0.25, 0.3) is 0 Å².